The molecule has 0 spiro atoms. The van der Waals surface area contributed by atoms with Gasteiger partial charge in [-0.1, -0.05) is 37.3 Å². The first-order valence-corrected chi connectivity index (χ1v) is 12.2. The van der Waals surface area contributed by atoms with Crippen molar-refractivity contribution < 1.29 is 28.9 Å². The van der Waals surface area contributed by atoms with Crippen molar-refractivity contribution in [3.8, 4) is 17.2 Å². The highest BCUT2D eigenvalue weighted by molar-refractivity contribution is 5.96. The van der Waals surface area contributed by atoms with Gasteiger partial charge >= 0.3 is 5.97 Å². The number of hydrogen-bond acceptors (Lipinski definition) is 5. The van der Waals surface area contributed by atoms with Crippen LogP contribution >= 0.6 is 0 Å². The molecule has 0 aliphatic heterocycles. The van der Waals surface area contributed by atoms with Crippen LogP contribution in [0.4, 0.5) is 5.69 Å². The number of rotatable bonds is 13. The minimum atomic E-state index is -0.992. The summed E-state index contributed by atoms with van der Waals surface area (Å²) in [4.78, 5) is 26.4. The SMILES string of the molecule is CCOC(Cc1ccc(OC(CC)C(=O)N(CC)c2ccc(Oc3ccccc3)cc2)cc1)C(=O)O. The van der Waals surface area contributed by atoms with E-state index in [1.54, 1.807) is 36.1 Å². The van der Waals surface area contributed by atoms with E-state index in [9.17, 15) is 14.7 Å². The zero-order chi connectivity index (χ0) is 25.9. The molecule has 3 aromatic rings. The highest BCUT2D eigenvalue weighted by atomic mass is 16.5. The average Bonchev–Trinajstić information content (AvgIpc) is 2.89. The molecular weight excluding hydrogens is 458 g/mol. The predicted octanol–water partition coefficient (Wildman–Crippen LogP) is 5.72. The number of benzene rings is 3. The van der Waals surface area contributed by atoms with Crippen LogP contribution in [0.3, 0.4) is 0 Å². The van der Waals surface area contributed by atoms with Crippen LogP contribution in [0.1, 0.15) is 32.8 Å². The molecule has 0 bridgehead atoms. The Morgan fingerprint density at radius 3 is 1.97 bits per heavy atom. The number of ether oxygens (including phenoxy) is 3. The fraction of sp³-hybridized carbons (Fsp3) is 0.310. The number of anilines is 1. The number of carboxylic acids is 1. The number of aliphatic carboxylic acids is 1. The molecule has 0 aliphatic rings. The molecular formula is C29H33NO6. The fourth-order valence-corrected chi connectivity index (χ4v) is 3.77. The topological polar surface area (TPSA) is 85.3 Å². The van der Waals surface area contributed by atoms with E-state index in [4.69, 9.17) is 14.2 Å². The molecule has 2 atom stereocenters. The van der Waals surface area contributed by atoms with E-state index in [0.29, 0.717) is 31.1 Å². The van der Waals surface area contributed by atoms with Gasteiger partial charge in [0, 0.05) is 25.3 Å². The third-order valence-electron chi connectivity index (χ3n) is 5.62. The van der Waals surface area contributed by atoms with Gasteiger partial charge in [-0.25, -0.2) is 4.79 Å². The highest BCUT2D eigenvalue weighted by Gasteiger charge is 2.25. The molecule has 0 saturated heterocycles. The van der Waals surface area contributed by atoms with Crippen molar-refractivity contribution in [1.29, 1.82) is 0 Å². The number of nitrogens with zero attached hydrogens (tertiary/aromatic N) is 1. The van der Waals surface area contributed by atoms with E-state index in [1.807, 2.05) is 68.4 Å². The lowest BCUT2D eigenvalue weighted by atomic mass is 10.1. The maximum atomic E-state index is 13.3. The maximum Gasteiger partial charge on any atom is 0.333 e. The Bertz CT molecular complexity index is 1100. The second kappa shape index (κ2) is 13.3. The van der Waals surface area contributed by atoms with Crippen LogP contribution in [0.2, 0.25) is 0 Å². The van der Waals surface area contributed by atoms with E-state index in [1.165, 1.54) is 0 Å². The number of carboxylic acid groups (broad SMARTS) is 1. The summed E-state index contributed by atoms with van der Waals surface area (Å²) >= 11 is 0. The Hall–Kier alpha value is -3.84. The van der Waals surface area contributed by atoms with E-state index in [-0.39, 0.29) is 12.3 Å². The van der Waals surface area contributed by atoms with Crippen molar-refractivity contribution in [2.24, 2.45) is 0 Å². The van der Waals surface area contributed by atoms with Crippen molar-refractivity contribution in [2.45, 2.75) is 45.8 Å². The summed E-state index contributed by atoms with van der Waals surface area (Å²) in [5.74, 6) is 0.850. The number of carbonyl (C=O) groups excluding carboxylic acids is 1. The van der Waals surface area contributed by atoms with E-state index >= 15 is 0 Å². The zero-order valence-corrected chi connectivity index (χ0v) is 20.9. The number of carbonyl (C=O) groups is 2. The van der Waals surface area contributed by atoms with Gasteiger partial charge in [-0.15, -0.1) is 0 Å². The second-order valence-corrected chi connectivity index (χ2v) is 8.14. The largest absolute Gasteiger partial charge is 0.481 e. The van der Waals surface area contributed by atoms with E-state index in [0.717, 1.165) is 17.0 Å². The maximum absolute atomic E-state index is 13.3. The first kappa shape index (κ1) is 26.8. The number of amides is 1. The Kier molecular flexibility index (Phi) is 9.89. The lowest BCUT2D eigenvalue weighted by molar-refractivity contribution is -0.150. The molecule has 1 amide bonds. The molecule has 0 aliphatic carbocycles. The Balaban J connectivity index is 1.65. The van der Waals surface area contributed by atoms with Crippen LogP contribution in [0.5, 0.6) is 17.2 Å². The molecule has 3 rings (SSSR count). The average molecular weight is 492 g/mol. The van der Waals surface area contributed by atoms with Crippen LogP contribution < -0.4 is 14.4 Å². The molecule has 0 aromatic heterocycles. The summed E-state index contributed by atoms with van der Waals surface area (Å²) in [6.45, 7) is 6.41. The van der Waals surface area contributed by atoms with Crippen molar-refractivity contribution in [1.82, 2.24) is 0 Å². The van der Waals surface area contributed by atoms with Crippen LogP contribution in [-0.2, 0) is 20.7 Å². The summed E-state index contributed by atoms with van der Waals surface area (Å²) in [7, 11) is 0. The van der Waals surface area contributed by atoms with Crippen molar-refractivity contribution in [3.05, 3.63) is 84.4 Å². The zero-order valence-electron chi connectivity index (χ0n) is 20.9. The van der Waals surface area contributed by atoms with Gasteiger partial charge < -0.3 is 24.2 Å². The predicted molar refractivity (Wildman–Crippen MR) is 139 cm³/mol. The van der Waals surface area contributed by atoms with Crippen molar-refractivity contribution in [3.63, 3.8) is 0 Å². The van der Waals surface area contributed by atoms with Crippen molar-refractivity contribution >= 4 is 17.6 Å². The molecule has 0 heterocycles. The summed E-state index contributed by atoms with van der Waals surface area (Å²) in [6.07, 6.45) is -0.800. The van der Waals surface area contributed by atoms with Gasteiger partial charge in [0.15, 0.2) is 12.2 Å². The molecule has 7 nitrogen and oxygen atoms in total. The monoisotopic (exact) mass is 491 g/mol. The molecule has 2 unspecified atom stereocenters. The van der Waals surface area contributed by atoms with Crippen LogP contribution in [0, 0.1) is 0 Å². The lowest BCUT2D eigenvalue weighted by Crippen LogP contribution is -2.41. The Labute approximate surface area is 212 Å². The smallest absolute Gasteiger partial charge is 0.333 e. The van der Waals surface area contributed by atoms with Gasteiger partial charge in [-0.05, 0) is 74.4 Å². The highest BCUT2D eigenvalue weighted by Crippen LogP contribution is 2.26. The van der Waals surface area contributed by atoms with Crippen molar-refractivity contribution in [2.75, 3.05) is 18.1 Å². The van der Waals surface area contributed by atoms with Crippen LogP contribution in [-0.4, -0.2) is 42.3 Å². The molecule has 7 heteroatoms. The number of likely N-dealkylation sites (N-methyl/N-ethyl adjacent to an activating group) is 1. The standard InChI is InChI=1S/C29H33NO6/c1-4-26(36-25-16-12-21(13-17-25)20-27(29(32)33)34-6-3)28(31)30(5-2)22-14-18-24(19-15-22)35-23-10-8-7-9-11-23/h7-19,26-27H,4-6,20H2,1-3H3,(H,32,33). The van der Waals surface area contributed by atoms with Gasteiger partial charge in [-0.2, -0.15) is 0 Å². The second-order valence-electron chi connectivity index (χ2n) is 8.14. The molecule has 190 valence electrons. The summed E-state index contributed by atoms with van der Waals surface area (Å²) in [6, 6.07) is 24.0. The van der Waals surface area contributed by atoms with Gasteiger partial charge in [-0.3, -0.25) is 4.79 Å². The van der Waals surface area contributed by atoms with Gasteiger partial charge in [0.1, 0.15) is 17.2 Å². The lowest BCUT2D eigenvalue weighted by Gasteiger charge is -2.26. The first-order chi connectivity index (χ1) is 17.4. The molecule has 3 aromatic carbocycles. The fourth-order valence-electron chi connectivity index (χ4n) is 3.77. The minimum Gasteiger partial charge on any atom is -0.481 e. The molecule has 36 heavy (non-hydrogen) atoms. The third kappa shape index (κ3) is 7.33. The molecule has 0 saturated carbocycles. The molecule has 1 N–H and O–H groups in total. The summed E-state index contributed by atoms with van der Waals surface area (Å²) in [5, 5.41) is 9.28. The van der Waals surface area contributed by atoms with E-state index < -0.39 is 18.2 Å². The first-order valence-electron chi connectivity index (χ1n) is 12.2. The van der Waals surface area contributed by atoms with Gasteiger partial charge in [0.2, 0.25) is 0 Å². The normalized spacial score (nSPS) is 12.4. The third-order valence-corrected chi connectivity index (χ3v) is 5.62. The van der Waals surface area contributed by atoms with Crippen LogP contribution in [0.15, 0.2) is 78.9 Å². The Morgan fingerprint density at radius 1 is 0.806 bits per heavy atom. The number of hydrogen-bond donors (Lipinski definition) is 1. The van der Waals surface area contributed by atoms with Gasteiger partial charge in [0.25, 0.3) is 5.91 Å². The minimum absolute atomic E-state index is 0.136. The quantitative estimate of drug-likeness (QED) is 0.329. The summed E-state index contributed by atoms with van der Waals surface area (Å²) < 4.78 is 17.2. The van der Waals surface area contributed by atoms with Gasteiger partial charge in [0.05, 0.1) is 0 Å². The van der Waals surface area contributed by atoms with Crippen LogP contribution in [0.25, 0.3) is 0 Å². The summed E-state index contributed by atoms with van der Waals surface area (Å²) in [5.41, 5.74) is 1.58. The number of para-hydroxylation sites is 1. The molecule has 0 fully saturated rings. The Morgan fingerprint density at radius 2 is 1.42 bits per heavy atom. The van der Waals surface area contributed by atoms with E-state index in [2.05, 4.69) is 0 Å². The molecule has 0 radical (unpaired) electrons.